The third-order valence-electron chi connectivity index (χ3n) is 2.75. The Balaban J connectivity index is 2.85. The highest BCUT2D eigenvalue weighted by Crippen LogP contribution is 2.40. The molecule has 0 aromatic carbocycles. The number of nitrogens with two attached hydrogens (primary N) is 1. The molecule has 0 unspecified atom stereocenters. The van der Waals surface area contributed by atoms with Crippen LogP contribution in [0.4, 0.5) is 14.7 Å². The van der Waals surface area contributed by atoms with Gasteiger partial charge in [0.1, 0.15) is 0 Å². The molecule has 1 rings (SSSR count). The largest absolute Gasteiger partial charge is 0.369 e. The zero-order valence-electron chi connectivity index (χ0n) is 9.30. The van der Waals surface area contributed by atoms with Crippen LogP contribution in [-0.4, -0.2) is 15.5 Å². The standard InChI is InChI=1S/C10H17F2N3/c1-4-10(11,12)9(2,3)7-15-6-5-14-8(15)13/h5-6H,4,7H2,1-3H3,(H2,13,14). The number of nitrogens with zero attached hydrogens (tertiary/aromatic N) is 2. The average Bonchev–Trinajstić information content (AvgIpc) is 2.51. The van der Waals surface area contributed by atoms with Gasteiger partial charge < -0.3 is 10.3 Å². The first-order chi connectivity index (χ1) is 6.80. The Morgan fingerprint density at radius 2 is 2.07 bits per heavy atom. The predicted molar refractivity (Wildman–Crippen MR) is 55.7 cm³/mol. The van der Waals surface area contributed by atoms with Gasteiger partial charge in [-0.05, 0) is 0 Å². The fourth-order valence-corrected chi connectivity index (χ4v) is 1.49. The summed E-state index contributed by atoms with van der Waals surface area (Å²) in [6.45, 7) is 4.73. The molecule has 2 N–H and O–H groups in total. The first kappa shape index (κ1) is 11.9. The molecule has 0 aliphatic carbocycles. The topological polar surface area (TPSA) is 43.8 Å². The van der Waals surface area contributed by atoms with Crippen LogP contribution in [0.3, 0.4) is 0 Å². The lowest BCUT2D eigenvalue weighted by Crippen LogP contribution is -2.39. The number of aromatic nitrogens is 2. The van der Waals surface area contributed by atoms with Crippen molar-refractivity contribution >= 4 is 5.95 Å². The minimum atomic E-state index is -2.70. The molecule has 1 heterocycles. The third-order valence-corrected chi connectivity index (χ3v) is 2.75. The van der Waals surface area contributed by atoms with Crippen LogP contribution in [0.5, 0.6) is 0 Å². The second-order valence-electron chi connectivity index (χ2n) is 4.36. The molecule has 0 aliphatic heterocycles. The predicted octanol–water partition coefficient (Wildman–Crippen LogP) is 2.54. The zero-order chi connectivity index (χ0) is 11.7. The molecule has 0 saturated heterocycles. The van der Waals surface area contributed by atoms with Crippen LogP contribution in [0.2, 0.25) is 0 Å². The summed E-state index contributed by atoms with van der Waals surface area (Å²) >= 11 is 0. The van der Waals surface area contributed by atoms with Gasteiger partial charge in [0.2, 0.25) is 0 Å². The van der Waals surface area contributed by atoms with Crippen LogP contribution in [0, 0.1) is 5.41 Å². The monoisotopic (exact) mass is 217 g/mol. The Kier molecular flexibility index (Phi) is 3.02. The van der Waals surface area contributed by atoms with E-state index in [2.05, 4.69) is 4.98 Å². The Bertz CT molecular complexity index is 331. The lowest BCUT2D eigenvalue weighted by atomic mass is 9.84. The van der Waals surface area contributed by atoms with Gasteiger partial charge in [0.25, 0.3) is 5.92 Å². The van der Waals surface area contributed by atoms with E-state index in [1.807, 2.05) is 0 Å². The second kappa shape index (κ2) is 3.79. The maximum Gasteiger partial charge on any atom is 0.254 e. The molecule has 1 aromatic rings. The van der Waals surface area contributed by atoms with Gasteiger partial charge in [0, 0.05) is 30.8 Å². The van der Waals surface area contributed by atoms with E-state index >= 15 is 0 Å². The molecule has 0 atom stereocenters. The third kappa shape index (κ3) is 2.27. The molecule has 0 radical (unpaired) electrons. The van der Waals surface area contributed by atoms with Gasteiger partial charge in [-0.25, -0.2) is 13.8 Å². The maximum atomic E-state index is 13.6. The highest BCUT2D eigenvalue weighted by atomic mass is 19.3. The molecule has 1 aromatic heterocycles. The number of hydrogen-bond donors (Lipinski definition) is 1. The van der Waals surface area contributed by atoms with Crippen molar-refractivity contribution in [3.05, 3.63) is 12.4 Å². The van der Waals surface area contributed by atoms with Crippen molar-refractivity contribution in [2.24, 2.45) is 5.41 Å². The van der Waals surface area contributed by atoms with Crippen molar-refractivity contribution < 1.29 is 8.78 Å². The van der Waals surface area contributed by atoms with Crippen molar-refractivity contribution in [3.8, 4) is 0 Å². The average molecular weight is 217 g/mol. The van der Waals surface area contributed by atoms with E-state index in [9.17, 15) is 8.78 Å². The number of nitrogen functional groups attached to an aromatic ring is 1. The first-order valence-electron chi connectivity index (χ1n) is 4.94. The van der Waals surface area contributed by atoms with Gasteiger partial charge in [-0.15, -0.1) is 0 Å². The summed E-state index contributed by atoms with van der Waals surface area (Å²) in [5.74, 6) is -2.43. The van der Waals surface area contributed by atoms with Crippen LogP contribution >= 0.6 is 0 Å². The van der Waals surface area contributed by atoms with E-state index in [0.29, 0.717) is 0 Å². The van der Waals surface area contributed by atoms with E-state index in [-0.39, 0.29) is 18.9 Å². The molecule has 0 aliphatic rings. The van der Waals surface area contributed by atoms with Gasteiger partial charge in [-0.2, -0.15) is 0 Å². The number of hydrogen-bond acceptors (Lipinski definition) is 2. The minimum absolute atomic E-state index is 0.166. The van der Waals surface area contributed by atoms with Crippen molar-refractivity contribution in [3.63, 3.8) is 0 Å². The molecule has 0 bridgehead atoms. The van der Waals surface area contributed by atoms with Crippen LogP contribution in [-0.2, 0) is 6.54 Å². The van der Waals surface area contributed by atoms with Gasteiger partial charge in [0.05, 0.1) is 0 Å². The Hall–Kier alpha value is -1.13. The van der Waals surface area contributed by atoms with E-state index in [1.165, 1.54) is 27.0 Å². The second-order valence-corrected chi connectivity index (χ2v) is 4.36. The van der Waals surface area contributed by atoms with Gasteiger partial charge in [-0.3, -0.25) is 0 Å². The highest BCUT2D eigenvalue weighted by Gasteiger charge is 2.45. The molecule has 5 heteroatoms. The van der Waals surface area contributed by atoms with Crippen molar-refractivity contribution in [2.75, 3.05) is 5.73 Å². The summed E-state index contributed by atoms with van der Waals surface area (Å²) in [5, 5.41) is 0. The van der Waals surface area contributed by atoms with E-state index in [0.717, 1.165) is 0 Å². The van der Waals surface area contributed by atoms with Crippen LogP contribution in [0.15, 0.2) is 12.4 Å². The molecular formula is C10H17F2N3. The summed E-state index contributed by atoms with van der Waals surface area (Å²) in [6, 6.07) is 0. The number of imidazole rings is 1. The van der Waals surface area contributed by atoms with Crippen LogP contribution in [0.25, 0.3) is 0 Å². The molecule has 0 amide bonds. The number of halogens is 2. The van der Waals surface area contributed by atoms with E-state index in [1.54, 1.807) is 10.8 Å². The molecule has 86 valence electrons. The number of alkyl halides is 2. The molecule has 15 heavy (non-hydrogen) atoms. The lowest BCUT2D eigenvalue weighted by molar-refractivity contribution is -0.115. The van der Waals surface area contributed by atoms with Gasteiger partial charge in [-0.1, -0.05) is 20.8 Å². The highest BCUT2D eigenvalue weighted by molar-refractivity contribution is 5.17. The SMILES string of the molecule is CCC(F)(F)C(C)(C)Cn1ccnc1N. The quantitative estimate of drug-likeness (QED) is 0.842. The molecule has 0 fully saturated rings. The van der Waals surface area contributed by atoms with Gasteiger partial charge >= 0.3 is 0 Å². The maximum absolute atomic E-state index is 13.6. The lowest BCUT2D eigenvalue weighted by Gasteiger charge is -2.33. The smallest absolute Gasteiger partial charge is 0.254 e. The van der Waals surface area contributed by atoms with Crippen molar-refractivity contribution in [2.45, 2.75) is 39.7 Å². The van der Waals surface area contributed by atoms with Gasteiger partial charge in [0.15, 0.2) is 5.95 Å². The fourth-order valence-electron chi connectivity index (χ4n) is 1.49. The van der Waals surface area contributed by atoms with E-state index in [4.69, 9.17) is 5.73 Å². The Morgan fingerprint density at radius 3 is 2.47 bits per heavy atom. The van der Waals surface area contributed by atoms with Crippen LogP contribution < -0.4 is 5.73 Å². The number of rotatable bonds is 4. The van der Waals surface area contributed by atoms with Crippen molar-refractivity contribution in [1.82, 2.24) is 9.55 Å². The summed E-state index contributed by atoms with van der Waals surface area (Å²) in [6.07, 6.45) is 2.95. The Morgan fingerprint density at radius 1 is 1.47 bits per heavy atom. The molecular weight excluding hydrogens is 200 g/mol. The molecule has 0 spiro atoms. The Labute approximate surface area is 88.3 Å². The molecule has 3 nitrogen and oxygen atoms in total. The summed E-state index contributed by atoms with van der Waals surface area (Å²) in [7, 11) is 0. The van der Waals surface area contributed by atoms with Crippen molar-refractivity contribution in [1.29, 1.82) is 0 Å². The summed E-state index contributed by atoms with van der Waals surface area (Å²) in [5.41, 5.74) is 4.41. The summed E-state index contributed by atoms with van der Waals surface area (Å²) < 4.78 is 28.7. The normalized spacial score (nSPS) is 13.1. The number of anilines is 1. The zero-order valence-corrected chi connectivity index (χ0v) is 9.30. The molecule has 0 saturated carbocycles. The van der Waals surface area contributed by atoms with E-state index < -0.39 is 11.3 Å². The minimum Gasteiger partial charge on any atom is -0.369 e. The first-order valence-corrected chi connectivity index (χ1v) is 4.94. The van der Waals surface area contributed by atoms with Crippen LogP contribution in [0.1, 0.15) is 27.2 Å². The fraction of sp³-hybridized carbons (Fsp3) is 0.700. The summed E-state index contributed by atoms with van der Waals surface area (Å²) in [4.78, 5) is 3.80.